The Morgan fingerprint density at radius 2 is 2.04 bits per heavy atom. The summed E-state index contributed by atoms with van der Waals surface area (Å²) in [6.45, 7) is 2.52. The lowest BCUT2D eigenvalue weighted by Gasteiger charge is -2.26. The Labute approximate surface area is 163 Å². The minimum absolute atomic E-state index is 0.0759. The molecular formula is C19H26N2O5S. The number of aliphatic carboxylic acids is 1. The summed E-state index contributed by atoms with van der Waals surface area (Å²) < 4.78 is 0. The van der Waals surface area contributed by atoms with E-state index in [1.165, 1.54) is 0 Å². The maximum absolute atomic E-state index is 11.4. The van der Waals surface area contributed by atoms with E-state index in [4.69, 9.17) is 5.11 Å². The van der Waals surface area contributed by atoms with Gasteiger partial charge in [0.1, 0.15) is 6.29 Å². The van der Waals surface area contributed by atoms with Crippen LogP contribution in [0, 0.1) is 0 Å². The van der Waals surface area contributed by atoms with Crippen molar-refractivity contribution in [3.05, 3.63) is 29.3 Å². The minimum atomic E-state index is -0.815. The SMILES string of the molecule is CC(CCC(=O)NC=O)N(C)Cc1c(C=O)cccc1SCCCC(=O)O. The molecule has 0 aromatic heterocycles. The first-order chi connectivity index (χ1) is 12.9. The number of nitrogens with one attached hydrogen (secondary N) is 1. The normalized spacial score (nSPS) is 11.8. The van der Waals surface area contributed by atoms with Crippen molar-refractivity contribution >= 4 is 36.3 Å². The summed E-state index contributed by atoms with van der Waals surface area (Å²) in [5, 5.41) is 10.9. The van der Waals surface area contributed by atoms with Crippen LogP contribution in [0.5, 0.6) is 0 Å². The van der Waals surface area contributed by atoms with Crippen molar-refractivity contribution in [1.29, 1.82) is 0 Å². The van der Waals surface area contributed by atoms with Crippen molar-refractivity contribution in [3.63, 3.8) is 0 Å². The Morgan fingerprint density at radius 3 is 2.67 bits per heavy atom. The first-order valence-electron chi connectivity index (χ1n) is 8.74. The molecule has 1 aromatic rings. The number of amides is 2. The highest BCUT2D eigenvalue weighted by molar-refractivity contribution is 7.99. The third-order valence-corrected chi connectivity index (χ3v) is 5.44. The minimum Gasteiger partial charge on any atom is -0.481 e. The summed E-state index contributed by atoms with van der Waals surface area (Å²) >= 11 is 1.55. The van der Waals surface area contributed by atoms with E-state index in [1.807, 2.05) is 26.1 Å². The van der Waals surface area contributed by atoms with Gasteiger partial charge in [-0.1, -0.05) is 12.1 Å². The lowest BCUT2D eigenvalue weighted by Crippen LogP contribution is -2.31. The van der Waals surface area contributed by atoms with Crippen LogP contribution in [-0.2, 0) is 20.9 Å². The number of benzene rings is 1. The monoisotopic (exact) mass is 394 g/mol. The number of nitrogens with zero attached hydrogens (tertiary/aromatic N) is 1. The molecule has 0 aliphatic rings. The summed E-state index contributed by atoms with van der Waals surface area (Å²) in [4.78, 5) is 46.8. The fourth-order valence-electron chi connectivity index (χ4n) is 2.51. The Bertz CT molecular complexity index is 666. The van der Waals surface area contributed by atoms with Crippen molar-refractivity contribution in [1.82, 2.24) is 10.2 Å². The lowest BCUT2D eigenvalue weighted by atomic mass is 10.1. The van der Waals surface area contributed by atoms with Crippen LogP contribution >= 0.6 is 11.8 Å². The van der Waals surface area contributed by atoms with E-state index < -0.39 is 5.97 Å². The largest absolute Gasteiger partial charge is 0.481 e. The second kappa shape index (κ2) is 12.2. The average molecular weight is 394 g/mol. The first kappa shape index (κ1) is 22.9. The number of thioether (sulfide) groups is 1. The molecule has 8 heteroatoms. The van der Waals surface area contributed by atoms with Crippen molar-refractivity contribution in [2.75, 3.05) is 12.8 Å². The smallest absolute Gasteiger partial charge is 0.303 e. The summed E-state index contributed by atoms with van der Waals surface area (Å²) in [7, 11) is 1.92. The van der Waals surface area contributed by atoms with Gasteiger partial charge in [-0.25, -0.2) is 0 Å². The average Bonchev–Trinajstić information content (AvgIpc) is 2.64. The summed E-state index contributed by atoms with van der Waals surface area (Å²) in [6, 6.07) is 5.59. The number of carbonyl (C=O) groups is 4. The Balaban J connectivity index is 2.75. The molecule has 0 aliphatic heterocycles. The molecule has 0 aliphatic carbocycles. The molecule has 2 N–H and O–H groups in total. The van der Waals surface area contributed by atoms with Crippen LogP contribution in [0.3, 0.4) is 0 Å². The van der Waals surface area contributed by atoms with Crippen LogP contribution in [0.1, 0.15) is 48.5 Å². The van der Waals surface area contributed by atoms with Crippen LogP contribution in [0.15, 0.2) is 23.1 Å². The Morgan fingerprint density at radius 1 is 1.30 bits per heavy atom. The van der Waals surface area contributed by atoms with Crippen LogP contribution in [-0.4, -0.2) is 53.4 Å². The Kier molecular flexibility index (Phi) is 10.4. The van der Waals surface area contributed by atoms with E-state index in [9.17, 15) is 19.2 Å². The highest BCUT2D eigenvalue weighted by Crippen LogP contribution is 2.27. The van der Waals surface area contributed by atoms with Gasteiger partial charge in [0.15, 0.2) is 0 Å². The molecule has 148 valence electrons. The number of imide groups is 1. The zero-order valence-electron chi connectivity index (χ0n) is 15.6. The standard InChI is InChI=1S/C19H26N2O5S/c1-14(8-9-18(24)20-13-23)21(2)11-16-15(12-22)5-3-6-17(16)27-10-4-7-19(25)26/h3,5-6,12-14H,4,7-11H2,1-2H3,(H,25,26)(H,20,23,24). The third kappa shape index (κ3) is 8.36. The van der Waals surface area contributed by atoms with Crippen molar-refractivity contribution < 1.29 is 24.3 Å². The zero-order valence-corrected chi connectivity index (χ0v) is 16.5. The molecule has 1 rings (SSSR count). The van der Waals surface area contributed by atoms with Gasteiger partial charge in [0, 0.05) is 35.9 Å². The molecule has 1 unspecified atom stereocenters. The van der Waals surface area contributed by atoms with Crippen LogP contribution in [0.2, 0.25) is 0 Å². The number of hydrogen-bond acceptors (Lipinski definition) is 6. The molecule has 0 spiro atoms. The number of hydrogen-bond donors (Lipinski definition) is 2. The van der Waals surface area contributed by atoms with E-state index in [1.54, 1.807) is 17.8 Å². The predicted octanol–water partition coefficient (Wildman–Crippen LogP) is 2.33. The predicted molar refractivity (Wildman–Crippen MR) is 104 cm³/mol. The molecule has 0 bridgehead atoms. The molecule has 1 aromatic carbocycles. The van der Waals surface area contributed by atoms with Crippen molar-refractivity contribution in [2.24, 2.45) is 0 Å². The number of carboxylic acids is 1. The fraction of sp³-hybridized carbons (Fsp3) is 0.474. The van der Waals surface area contributed by atoms with Gasteiger partial charge in [0.25, 0.3) is 0 Å². The molecular weight excluding hydrogens is 368 g/mol. The molecule has 0 fully saturated rings. The summed E-state index contributed by atoms with van der Waals surface area (Å²) in [5.41, 5.74) is 1.51. The van der Waals surface area contributed by atoms with E-state index in [0.717, 1.165) is 16.7 Å². The van der Waals surface area contributed by atoms with Gasteiger partial charge >= 0.3 is 5.97 Å². The maximum atomic E-state index is 11.4. The molecule has 27 heavy (non-hydrogen) atoms. The summed E-state index contributed by atoms with van der Waals surface area (Å²) in [6.07, 6.45) is 2.72. The molecule has 0 radical (unpaired) electrons. The molecule has 0 heterocycles. The zero-order chi connectivity index (χ0) is 20.2. The highest BCUT2D eigenvalue weighted by atomic mass is 32.2. The second-order valence-corrected chi connectivity index (χ2v) is 7.41. The first-order valence-corrected chi connectivity index (χ1v) is 9.72. The lowest BCUT2D eigenvalue weighted by molar-refractivity contribution is -0.137. The molecule has 2 amide bonds. The van der Waals surface area contributed by atoms with E-state index in [0.29, 0.717) is 37.1 Å². The van der Waals surface area contributed by atoms with E-state index >= 15 is 0 Å². The second-order valence-electron chi connectivity index (χ2n) is 6.28. The van der Waals surface area contributed by atoms with Crippen molar-refractivity contribution in [2.45, 2.75) is 50.1 Å². The molecule has 0 saturated carbocycles. The van der Waals surface area contributed by atoms with Crippen molar-refractivity contribution in [3.8, 4) is 0 Å². The number of carbonyl (C=O) groups excluding carboxylic acids is 3. The number of aldehydes is 1. The van der Waals surface area contributed by atoms with Gasteiger partial charge in [0.05, 0.1) is 0 Å². The fourth-order valence-corrected chi connectivity index (χ4v) is 3.55. The molecule has 7 nitrogen and oxygen atoms in total. The van der Waals surface area contributed by atoms with Gasteiger partial charge in [-0.15, -0.1) is 11.8 Å². The number of carboxylic acid groups (broad SMARTS) is 1. The van der Waals surface area contributed by atoms with Gasteiger partial charge in [-0.05, 0) is 44.2 Å². The van der Waals surface area contributed by atoms with Crippen LogP contribution in [0.25, 0.3) is 0 Å². The molecule has 1 atom stereocenters. The quantitative estimate of drug-likeness (QED) is 0.301. The van der Waals surface area contributed by atoms with E-state index in [2.05, 4.69) is 10.2 Å². The maximum Gasteiger partial charge on any atom is 0.303 e. The highest BCUT2D eigenvalue weighted by Gasteiger charge is 2.16. The van der Waals surface area contributed by atoms with Crippen LogP contribution in [0.4, 0.5) is 0 Å². The number of rotatable bonds is 13. The topological polar surface area (TPSA) is 104 Å². The van der Waals surface area contributed by atoms with Crippen LogP contribution < -0.4 is 5.32 Å². The van der Waals surface area contributed by atoms with E-state index in [-0.39, 0.29) is 24.8 Å². The molecule has 0 saturated heterocycles. The Hall–Kier alpha value is -2.19. The van der Waals surface area contributed by atoms with Gasteiger partial charge in [0.2, 0.25) is 12.3 Å². The van der Waals surface area contributed by atoms with Gasteiger partial charge in [-0.3, -0.25) is 29.4 Å². The third-order valence-electron chi connectivity index (χ3n) is 4.26. The van der Waals surface area contributed by atoms with Gasteiger partial charge < -0.3 is 5.11 Å². The van der Waals surface area contributed by atoms with Gasteiger partial charge in [-0.2, -0.15) is 0 Å². The summed E-state index contributed by atoms with van der Waals surface area (Å²) in [5.74, 6) is -0.468.